The van der Waals surface area contributed by atoms with E-state index in [2.05, 4.69) is 5.32 Å². The molecule has 1 aliphatic heterocycles. The van der Waals surface area contributed by atoms with Crippen LogP contribution in [0.2, 0.25) is 0 Å². The van der Waals surface area contributed by atoms with Gasteiger partial charge in [-0.3, -0.25) is 14.9 Å². The molecule has 0 radical (unpaired) electrons. The van der Waals surface area contributed by atoms with Gasteiger partial charge in [-0.2, -0.15) is 4.31 Å². The van der Waals surface area contributed by atoms with Crippen LogP contribution in [0.3, 0.4) is 0 Å². The van der Waals surface area contributed by atoms with Gasteiger partial charge in [0.1, 0.15) is 0 Å². The highest BCUT2D eigenvalue weighted by Gasteiger charge is 2.30. The first-order chi connectivity index (χ1) is 14.1. The lowest BCUT2D eigenvalue weighted by molar-refractivity contribution is -0.384. The van der Waals surface area contributed by atoms with Crippen molar-refractivity contribution in [1.29, 1.82) is 0 Å². The van der Waals surface area contributed by atoms with Crippen LogP contribution in [0.1, 0.15) is 23.2 Å². The molecule has 1 heterocycles. The van der Waals surface area contributed by atoms with Crippen molar-refractivity contribution in [3.8, 4) is 17.2 Å². The number of hydrogen-bond donors (Lipinski definition) is 4. The van der Waals surface area contributed by atoms with E-state index in [9.17, 15) is 38.6 Å². The van der Waals surface area contributed by atoms with Gasteiger partial charge in [0.15, 0.2) is 17.2 Å². The quantitative estimate of drug-likeness (QED) is 0.308. The van der Waals surface area contributed by atoms with Crippen LogP contribution >= 0.6 is 0 Å². The van der Waals surface area contributed by atoms with E-state index >= 15 is 0 Å². The van der Waals surface area contributed by atoms with E-state index in [0.29, 0.717) is 12.8 Å². The summed E-state index contributed by atoms with van der Waals surface area (Å²) < 4.78 is 26.7. The Bertz CT molecular complexity index is 1050. The predicted molar refractivity (Wildman–Crippen MR) is 104 cm³/mol. The maximum Gasteiger partial charge on any atom is 0.269 e. The largest absolute Gasteiger partial charge is 0.504 e. The third-order valence-corrected chi connectivity index (χ3v) is 6.72. The number of nitrogens with zero attached hydrogens (tertiary/aromatic N) is 2. The first-order valence-electron chi connectivity index (χ1n) is 8.90. The van der Waals surface area contributed by atoms with E-state index in [1.54, 1.807) is 0 Å². The highest BCUT2D eigenvalue weighted by molar-refractivity contribution is 7.89. The van der Waals surface area contributed by atoms with Crippen LogP contribution in [0.15, 0.2) is 41.3 Å². The first kappa shape index (κ1) is 21.3. The number of non-ortho nitro benzene ring substituents is 1. The van der Waals surface area contributed by atoms with Crippen LogP contribution in [0.5, 0.6) is 17.2 Å². The van der Waals surface area contributed by atoms with Crippen molar-refractivity contribution >= 4 is 21.6 Å². The molecule has 12 heteroatoms. The number of nitro benzene ring substituents is 1. The summed E-state index contributed by atoms with van der Waals surface area (Å²) in [5.74, 6) is -2.58. The fourth-order valence-corrected chi connectivity index (χ4v) is 4.60. The van der Waals surface area contributed by atoms with Gasteiger partial charge in [-0.15, -0.1) is 0 Å². The average Bonchev–Trinajstić information content (AvgIpc) is 2.72. The molecular formula is C18H19N3O8S. The molecule has 0 aliphatic carbocycles. The molecule has 160 valence electrons. The van der Waals surface area contributed by atoms with Crippen molar-refractivity contribution in [2.24, 2.45) is 0 Å². The Balaban J connectivity index is 1.63. The zero-order chi connectivity index (χ0) is 22.1. The Labute approximate surface area is 171 Å². The summed E-state index contributed by atoms with van der Waals surface area (Å²) >= 11 is 0. The van der Waals surface area contributed by atoms with E-state index in [4.69, 9.17) is 0 Å². The summed E-state index contributed by atoms with van der Waals surface area (Å²) in [5.41, 5.74) is -0.259. The third kappa shape index (κ3) is 4.28. The Morgan fingerprint density at radius 1 is 1.07 bits per heavy atom. The van der Waals surface area contributed by atoms with Crippen molar-refractivity contribution in [3.05, 3.63) is 52.1 Å². The Kier molecular flexibility index (Phi) is 5.80. The van der Waals surface area contributed by atoms with Crippen molar-refractivity contribution in [2.45, 2.75) is 23.8 Å². The van der Waals surface area contributed by atoms with E-state index in [0.717, 1.165) is 24.3 Å². The molecule has 1 saturated heterocycles. The topological polar surface area (TPSA) is 170 Å². The van der Waals surface area contributed by atoms with Crippen molar-refractivity contribution in [3.63, 3.8) is 0 Å². The number of rotatable bonds is 5. The second kappa shape index (κ2) is 8.16. The predicted octanol–water partition coefficient (Wildman–Crippen LogP) is 1.29. The molecule has 1 aliphatic rings. The lowest BCUT2D eigenvalue weighted by Gasteiger charge is -2.31. The Morgan fingerprint density at radius 2 is 1.60 bits per heavy atom. The molecule has 2 aromatic rings. The molecule has 1 amide bonds. The molecule has 4 N–H and O–H groups in total. The normalized spacial score (nSPS) is 15.6. The maximum absolute atomic E-state index is 12.7. The number of aromatic hydroxyl groups is 3. The van der Waals surface area contributed by atoms with Gasteiger partial charge in [0.25, 0.3) is 11.6 Å². The molecule has 0 unspecified atom stereocenters. The van der Waals surface area contributed by atoms with Crippen LogP contribution in [0, 0.1) is 10.1 Å². The second-order valence-corrected chi connectivity index (χ2v) is 8.70. The van der Waals surface area contributed by atoms with Gasteiger partial charge in [-0.1, -0.05) is 0 Å². The number of piperidine rings is 1. The zero-order valence-electron chi connectivity index (χ0n) is 15.6. The number of phenolic OH excluding ortho intramolecular Hbond substituents is 3. The van der Waals surface area contributed by atoms with Gasteiger partial charge in [0.2, 0.25) is 10.0 Å². The molecule has 0 aromatic heterocycles. The van der Waals surface area contributed by atoms with Crippen molar-refractivity contribution in [2.75, 3.05) is 13.1 Å². The molecule has 0 spiro atoms. The monoisotopic (exact) mass is 437 g/mol. The molecule has 30 heavy (non-hydrogen) atoms. The summed E-state index contributed by atoms with van der Waals surface area (Å²) in [6.07, 6.45) is 0.655. The highest BCUT2D eigenvalue weighted by atomic mass is 32.2. The summed E-state index contributed by atoms with van der Waals surface area (Å²) in [6, 6.07) is 6.32. The maximum atomic E-state index is 12.7. The second-order valence-electron chi connectivity index (χ2n) is 6.77. The van der Waals surface area contributed by atoms with E-state index in [-0.39, 0.29) is 35.3 Å². The van der Waals surface area contributed by atoms with Crippen molar-refractivity contribution in [1.82, 2.24) is 9.62 Å². The number of amides is 1. The fourth-order valence-electron chi connectivity index (χ4n) is 3.13. The smallest absolute Gasteiger partial charge is 0.269 e. The van der Waals surface area contributed by atoms with E-state index < -0.39 is 38.1 Å². The molecule has 2 aromatic carbocycles. The molecule has 11 nitrogen and oxygen atoms in total. The Morgan fingerprint density at radius 3 is 2.10 bits per heavy atom. The van der Waals surface area contributed by atoms with Crippen LogP contribution in [-0.2, 0) is 10.0 Å². The van der Waals surface area contributed by atoms with Gasteiger partial charge < -0.3 is 20.6 Å². The van der Waals surface area contributed by atoms with Crippen LogP contribution in [-0.4, -0.2) is 58.0 Å². The van der Waals surface area contributed by atoms with Gasteiger partial charge in [-0.05, 0) is 37.1 Å². The molecule has 0 saturated carbocycles. The summed E-state index contributed by atoms with van der Waals surface area (Å²) in [4.78, 5) is 22.4. The number of sulfonamides is 1. The number of carbonyl (C=O) groups is 1. The van der Waals surface area contributed by atoms with Crippen LogP contribution < -0.4 is 5.32 Å². The molecule has 1 fully saturated rings. The zero-order valence-corrected chi connectivity index (χ0v) is 16.4. The molecular weight excluding hydrogens is 418 g/mol. The number of benzene rings is 2. The number of phenols is 3. The Hall–Kier alpha value is -3.38. The van der Waals surface area contributed by atoms with Crippen molar-refractivity contribution < 1.29 is 33.5 Å². The lowest BCUT2D eigenvalue weighted by atomic mass is 10.1. The molecule has 3 rings (SSSR count). The number of carbonyl (C=O) groups excluding carboxylic acids is 1. The minimum Gasteiger partial charge on any atom is -0.504 e. The third-order valence-electron chi connectivity index (χ3n) is 4.81. The SMILES string of the molecule is O=C(NC1CCN(S(=O)(=O)c2ccc([N+](=O)[O-])cc2)CC1)c1cc(O)c(O)c(O)c1. The minimum atomic E-state index is -3.82. The average molecular weight is 437 g/mol. The minimum absolute atomic E-state index is 0.0503. The number of hydrogen-bond acceptors (Lipinski definition) is 8. The molecule has 0 bridgehead atoms. The summed E-state index contributed by atoms with van der Waals surface area (Å²) in [5, 5.41) is 41.8. The van der Waals surface area contributed by atoms with E-state index in [1.807, 2.05) is 0 Å². The molecule has 0 atom stereocenters. The van der Waals surface area contributed by atoms with Gasteiger partial charge >= 0.3 is 0 Å². The van der Waals surface area contributed by atoms with Crippen LogP contribution in [0.4, 0.5) is 5.69 Å². The first-order valence-corrected chi connectivity index (χ1v) is 10.3. The number of nitro groups is 1. The van der Waals surface area contributed by atoms with Crippen LogP contribution in [0.25, 0.3) is 0 Å². The summed E-state index contributed by atoms with van der Waals surface area (Å²) in [7, 11) is -3.82. The highest BCUT2D eigenvalue weighted by Crippen LogP contribution is 2.35. The standard InChI is InChI=1S/C18H19N3O8S/c22-15-9-11(10-16(23)17(15)24)18(25)19-12-5-7-20(8-6-12)30(28,29)14-3-1-13(2-4-14)21(26)27/h1-4,9-10,12,22-24H,5-8H2,(H,19,25). The summed E-state index contributed by atoms with van der Waals surface area (Å²) in [6.45, 7) is 0.271. The fraction of sp³-hybridized carbons (Fsp3) is 0.278. The lowest BCUT2D eigenvalue weighted by Crippen LogP contribution is -2.46. The van der Waals surface area contributed by atoms with E-state index in [1.165, 1.54) is 16.4 Å². The number of nitrogens with one attached hydrogen (secondary N) is 1. The van der Waals surface area contributed by atoms with Gasteiger partial charge in [0.05, 0.1) is 9.82 Å². The van der Waals surface area contributed by atoms with Gasteiger partial charge in [0, 0.05) is 36.8 Å². The van der Waals surface area contributed by atoms with Gasteiger partial charge in [-0.25, -0.2) is 8.42 Å².